The smallest absolute Gasteiger partial charge is 0.00923 e. The summed E-state index contributed by atoms with van der Waals surface area (Å²) < 4.78 is 0. The van der Waals surface area contributed by atoms with Crippen LogP contribution >= 0.6 is 0 Å². The van der Waals surface area contributed by atoms with E-state index in [2.05, 4.69) is 25.8 Å². The highest BCUT2D eigenvalue weighted by atomic mass is 15.1. The van der Waals surface area contributed by atoms with Gasteiger partial charge in [0, 0.05) is 18.6 Å². The highest BCUT2D eigenvalue weighted by Crippen LogP contribution is 2.34. The maximum absolute atomic E-state index is 6.44. The molecule has 0 aromatic rings. The molecular weight excluding hydrogens is 232 g/mol. The van der Waals surface area contributed by atoms with Crippen LogP contribution in [0.5, 0.6) is 0 Å². The van der Waals surface area contributed by atoms with Crippen LogP contribution in [-0.2, 0) is 0 Å². The Morgan fingerprint density at radius 2 is 1.63 bits per heavy atom. The van der Waals surface area contributed by atoms with Gasteiger partial charge >= 0.3 is 0 Å². The molecule has 112 valence electrons. The fraction of sp³-hybridized carbons (Fsp3) is 1.00. The molecule has 2 nitrogen and oxygen atoms in total. The van der Waals surface area contributed by atoms with Crippen molar-refractivity contribution in [2.75, 3.05) is 13.6 Å². The van der Waals surface area contributed by atoms with Gasteiger partial charge in [-0.15, -0.1) is 0 Å². The molecule has 0 aromatic carbocycles. The van der Waals surface area contributed by atoms with E-state index in [1.807, 2.05) is 0 Å². The molecule has 0 spiro atoms. The lowest BCUT2D eigenvalue weighted by Crippen LogP contribution is -2.47. The van der Waals surface area contributed by atoms with E-state index in [9.17, 15) is 0 Å². The summed E-state index contributed by atoms with van der Waals surface area (Å²) in [5.41, 5.74) is 6.44. The average Bonchev–Trinajstić information content (AvgIpc) is 2.62. The van der Waals surface area contributed by atoms with E-state index in [1.54, 1.807) is 0 Å². The van der Waals surface area contributed by atoms with Crippen molar-refractivity contribution in [1.82, 2.24) is 4.90 Å². The number of hydrogen-bond acceptors (Lipinski definition) is 2. The van der Waals surface area contributed by atoms with E-state index in [0.717, 1.165) is 17.9 Å². The van der Waals surface area contributed by atoms with Gasteiger partial charge in [0.15, 0.2) is 0 Å². The van der Waals surface area contributed by atoms with Crippen LogP contribution in [0.3, 0.4) is 0 Å². The molecular formula is C17H34N2. The second kappa shape index (κ2) is 7.08. The monoisotopic (exact) mass is 266 g/mol. The molecule has 0 amide bonds. The van der Waals surface area contributed by atoms with Crippen LogP contribution < -0.4 is 5.73 Å². The number of nitrogens with zero attached hydrogens (tertiary/aromatic N) is 1. The predicted octanol–water partition coefficient (Wildman–Crippen LogP) is 3.65. The van der Waals surface area contributed by atoms with Crippen molar-refractivity contribution in [3.8, 4) is 0 Å². The molecule has 2 aliphatic rings. The minimum absolute atomic E-state index is 0.423. The minimum atomic E-state index is 0.423. The van der Waals surface area contributed by atoms with Crippen molar-refractivity contribution in [2.24, 2.45) is 23.5 Å². The highest BCUT2D eigenvalue weighted by molar-refractivity contribution is 4.88. The van der Waals surface area contributed by atoms with Gasteiger partial charge in [-0.3, -0.25) is 0 Å². The minimum Gasteiger partial charge on any atom is -0.327 e. The third-order valence-electron chi connectivity index (χ3n) is 5.68. The highest BCUT2D eigenvalue weighted by Gasteiger charge is 2.33. The van der Waals surface area contributed by atoms with Gasteiger partial charge in [-0.25, -0.2) is 0 Å². The zero-order chi connectivity index (χ0) is 13.8. The first-order chi connectivity index (χ1) is 9.08. The Bertz CT molecular complexity index is 246. The average molecular weight is 266 g/mol. The molecule has 0 bridgehead atoms. The van der Waals surface area contributed by atoms with Crippen molar-refractivity contribution >= 4 is 0 Å². The number of nitrogens with two attached hydrogens (primary N) is 1. The summed E-state index contributed by atoms with van der Waals surface area (Å²) in [5.74, 6) is 2.33. The summed E-state index contributed by atoms with van der Waals surface area (Å²) in [5, 5.41) is 0. The summed E-state index contributed by atoms with van der Waals surface area (Å²) in [6.45, 7) is 6.00. The van der Waals surface area contributed by atoms with Crippen molar-refractivity contribution < 1.29 is 0 Å². The Morgan fingerprint density at radius 3 is 2.21 bits per heavy atom. The van der Waals surface area contributed by atoms with Gasteiger partial charge in [0.2, 0.25) is 0 Å². The zero-order valence-corrected chi connectivity index (χ0v) is 13.3. The largest absolute Gasteiger partial charge is 0.327 e. The first kappa shape index (κ1) is 15.3. The first-order valence-corrected chi connectivity index (χ1v) is 8.53. The van der Waals surface area contributed by atoms with E-state index < -0.39 is 0 Å². The lowest BCUT2D eigenvalue weighted by molar-refractivity contribution is 0.104. The molecule has 2 N–H and O–H groups in total. The van der Waals surface area contributed by atoms with E-state index in [-0.39, 0.29) is 0 Å². The topological polar surface area (TPSA) is 29.3 Å². The molecule has 4 unspecified atom stereocenters. The Labute approximate surface area is 120 Å². The second-order valence-electron chi connectivity index (χ2n) is 7.47. The van der Waals surface area contributed by atoms with Gasteiger partial charge in [-0.05, 0) is 50.5 Å². The van der Waals surface area contributed by atoms with Crippen LogP contribution in [0.1, 0.15) is 65.2 Å². The standard InChI is InChI=1S/C17H34N2/c1-13-10-14(2)16(17(18)11-13)12-19(3)15-8-6-4-5-7-9-15/h13-17H,4-12,18H2,1-3H3. The molecule has 0 aliphatic heterocycles. The van der Waals surface area contributed by atoms with Crippen molar-refractivity contribution in [3.05, 3.63) is 0 Å². The summed E-state index contributed by atoms with van der Waals surface area (Å²) in [6, 6.07) is 1.24. The summed E-state index contributed by atoms with van der Waals surface area (Å²) >= 11 is 0. The molecule has 2 fully saturated rings. The molecule has 4 atom stereocenters. The first-order valence-electron chi connectivity index (χ1n) is 8.53. The normalized spacial score (nSPS) is 38.4. The van der Waals surface area contributed by atoms with E-state index >= 15 is 0 Å². The fourth-order valence-corrected chi connectivity index (χ4v) is 4.46. The van der Waals surface area contributed by atoms with Crippen LogP contribution in [0.4, 0.5) is 0 Å². The van der Waals surface area contributed by atoms with E-state index in [0.29, 0.717) is 12.0 Å². The van der Waals surface area contributed by atoms with Crippen molar-refractivity contribution in [1.29, 1.82) is 0 Å². The third kappa shape index (κ3) is 4.19. The van der Waals surface area contributed by atoms with Gasteiger partial charge in [0.25, 0.3) is 0 Å². The van der Waals surface area contributed by atoms with Gasteiger partial charge in [0.1, 0.15) is 0 Å². The lowest BCUT2D eigenvalue weighted by atomic mass is 9.72. The van der Waals surface area contributed by atoms with E-state index in [1.165, 1.54) is 57.9 Å². The molecule has 2 saturated carbocycles. The predicted molar refractivity (Wildman–Crippen MR) is 83.1 cm³/mol. The van der Waals surface area contributed by atoms with Crippen molar-refractivity contribution in [3.63, 3.8) is 0 Å². The van der Waals surface area contributed by atoms with Gasteiger partial charge in [-0.2, -0.15) is 0 Å². The Hall–Kier alpha value is -0.0800. The molecule has 0 aromatic heterocycles. The molecule has 0 radical (unpaired) electrons. The molecule has 19 heavy (non-hydrogen) atoms. The molecule has 0 heterocycles. The van der Waals surface area contributed by atoms with Crippen molar-refractivity contribution in [2.45, 2.75) is 77.3 Å². The third-order valence-corrected chi connectivity index (χ3v) is 5.68. The van der Waals surface area contributed by atoms with Gasteiger partial charge < -0.3 is 10.6 Å². The van der Waals surface area contributed by atoms with Crippen LogP contribution in [0.2, 0.25) is 0 Å². The molecule has 2 heteroatoms. The van der Waals surface area contributed by atoms with E-state index in [4.69, 9.17) is 5.73 Å². The van der Waals surface area contributed by atoms with Crippen LogP contribution in [0.15, 0.2) is 0 Å². The van der Waals surface area contributed by atoms with Gasteiger partial charge in [-0.1, -0.05) is 39.5 Å². The zero-order valence-electron chi connectivity index (χ0n) is 13.3. The lowest BCUT2D eigenvalue weighted by Gasteiger charge is -2.41. The maximum Gasteiger partial charge on any atom is 0.00923 e. The Balaban J connectivity index is 1.87. The van der Waals surface area contributed by atoms with Crippen LogP contribution in [-0.4, -0.2) is 30.6 Å². The Kier molecular flexibility index (Phi) is 5.70. The van der Waals surface area contributed by atoms with Crippen LogP contribution in [0.25, 0.3) is 0 Å². The quantitative estimate of drug-likeness (QED) is 0.790. The SMILES string of the molecule is CC1CC(C)C(CN(C)C2CCCCCC2)C(N)C1. The second-order valence-corrected chi connectivity index (χ2v) is 7.47. The number of hydrogen-bond donors (Lipinski definition) is 1. The van der Waals surface area contributed by atoms with Crippen LogP contribution in [0, 0.1) is 17.8 Å². The fourth-order valence-electron chi connectivity index (χ4n) is 4.46. The summed E-state index contributed by atoms with van der Waals surface area (Å²) in [6.07, 6.45) is 11.2. The summed E-state index contributed by atoms with van der Waals surface area (Å²) in [7, 11) is 2.34. The van der Waals surface area contributed by atoms with Gasteiger partial charge in [0.05, 0.1) is 0 Å². The molecule has 2 aliphatic carbocycles. The molecule has 0 saturated heterocycles. The number of rotatable bonds is 3. The molecule has 2 rings (SSSR count). The summed E-state index contributed by atoms with van der Waals surface area (Å²) in [4.78, 5) is 2.64. The maximum atomic E-state index is 6.44. The Morgan fingerprint density at radius 1 is 1.00 bits per heavy atom.